The predicted octanol–water partition coefficient (Wildman–Crippen LogP) is 0.0753. The maximum absolute atomic E-state index is 11.3. The molecule has 2 unspecified atom stereocenters. The molecule has 0 saturated carbocycles. The lowest BCUT2D eigenvalue weighted by atomic mass is 10.1. The monoisotopic (exact) mass is 292 g/mol. The highest BCUT2D eigenvalue weighted by Gasteiger charge is 2.30. The second kappa shape index (κ2) is 5.02. The number of carboxylic acids is 1. The van der Waals surface area contributed by atoms with Gasteiger partial charge in [0.15, 0.2) is 23.4 Å². The van der Waals surface area contributed by atoms with Crippen molar-refractivity contribution in [2.24, 2.45) is 0 Å². The van der Waals surface area contributed by atoms with E-state index in [-0.39, 0.29) is 12.6 Å². The first-order valence-electron chi connectivity index (χ1n) is 6.16. The number of carboxylic acid groups (broad SMARTS) is 1. The fourth-order valence-corrected chi connectivity index (χ4v) is 2.12. The molecule has 110 valence electrons. The highest BCUT2D eigenvalue weighted by molar-refractivity contribution is 5.73. The zero-order chi connectivity index (χ0) is 15.0. The van der Waals surface area contributed by atoms with Crippen molar-refractivity contribution in [2.75, 3.05) is 6.79 Å². The molecule has 0 amide bonds. The van der Waals surface area contributed by atoms with Crippen LogP contribution in [0.2, 0.25) is 0 Å². The van der Waals surface area contributed by atoms with Crippen LogP contribution in [0.5, 0.6) is 11.5 Å². The smallest absolute Gasteiger partial charge is 0.331 e. The number of nitrogens with zero attached hydrogens (tertiary/aromatic N) is 4. The molecule has 2 aromatic rings. The molecule has 1 aromatic carbocycles. The van der Waals surface area contributed by atoms with Gasteiger partial charge < -0.3 is 19.7 Å². The van der Waals surface area contributed by atoms with E-state index in [1.54, 1.807) is 18.2 Å². The summed E-state index contributed by atoms with van der Waals surface area (Å²) in [4.78, 5) is 11.3. The van der Waals surface area contributed by atoms with Gasteiger partial charge in [0.2, 0.25) is 6.79 Å². The molecule has 1 aliphatic rings. The van der Waals surface area contributed by atoms with Crippen LogP contribution in [0.15, 0.2) is 18.2 Å². The summed E-state index contributed by atoms with van der Waals surface area (Å²) in [6, 6.07) is 3.76. The quantitative estimate of drug-likeness (QED) is 0.812. The van der Waals surface area contributed by atoms with Gasteiger partial charge in [-0.3, -0.25) is 0 Å². The molecule has 1 aliphatic heterocycles. The Balaban J connectivity index is 2.04. The molecule has 3 rings (SSSR count). The molecule has 0 fully saturated rings. The minimum atomic E-state index is -1.28. The number of aliphatic carboxylic acids is 1. The molecule has 21 heavy (non-hydrogen) atoms. The fraction of sp³-hybridized carbons (Fsp3) is 0.333. The lowest BCUT2D eigenvalue weighted by molar-refractivity contribution is -0.144. The predicted molar refractivity (Wildman–Crippen MR) is 67.7 cm³/mol. The molecule has 0 radical (unpaired) electrons. The van der Waals surface area contributed by atoms with E-state index < -0.39 is 18.1 Å². The van der Waals surface area contributed by atoms with Gasteiger partial charge in [-0.2, -0.15) is 0 Å². The van der Waals surface area contributed by atoms with Crippen molar-refractivity contribution in [3.63, 3.8) is 0 Å². The number of fused-ring (bicyclic) bond motifs is 1. The van der Waals surface area contributed by atoms with Gasteiger partial charge in [-0.05, 0) is 35.5 Å². The average molecular weight is 292 g/mol. The Morgan fingerprint density at radius 3 is 2.86 bits per heavy atom. The summed E-state index contributed by atoms with van der Waals surface area (Å²) >= 11 is 0. The van der Waals surface area contributed by atoms with Crippen molar-refractivity contribution in [1.29, 1.82) is 0 Å². The zero-order valence-electron chi connectivity index (χ0n) is 11.0. The molecule has 2 N–H and O–H groups in total. The molecule has 1 aromatic heterocycles. The van der Waals surface area contributed by atoms with Gasteiger partial charge in [-0.15, -0.1) is 5.10 Å². The number of ether oxygens (including phenoxy) is 2. The van der Waals surface area contributed by atoms with Crippen molar-refractivity contribution in [1.82, 2.24) is 20.2 Å². The van der Waals surface area contributed by atoms with Crippen LogP contribution < -0.4 is 9.47 Å². The van der Waals surface area contributed by atoms with Crippen molar-refractivity contribution < 1.29 is 24.5 Å². The number of rotatable bonds is 4. The maximum atomic E-state index is 11.3. The van der Waals surface area contributed by atoms with Gasteiger partial charge in [-0.1, -0.05) is 0 Å². The Bertz CT molecular complexity index is 684. The summed E-state index contributed by atoms with van der Waals surface area (Å²) in [5, 5.41) is 29.9. The molecule has 9 heteroatoms. The average Bonchev–Trinajstić information content (AvgIpc) is 3.05. The van der Waals surface area contributed by atoms with Crippen molar-refractivity contribution >= 4 is 5.97 Å². The molecule has 0 spiro atoms. The Hall–Kier alpha value is -2.68. The lowest BCUT2D eigenvalue weighted by Crippen LogP contribution is -2.30. The Morgan fingerprint density at radius 2 is 2.14 bits per heavy atom. The Morgan fingerprint density at radius 1 is 1.38 bits per heavy atom. The summed E-state index contributed by atoms with van der Waals surface area (Å²) in [5.41, 5.74) is 0.566. The number of aromatic nitrogens is 4. The first kappa shape index (κ1) is 13.3. The molecule has 0 aliphatic carbocycles. The van der Waals surface area contributed by atoms with E-state index in [1.807, 2.05) is 0 Å². The van der Waals surface area contributed by atoms with E-state index in [0.717, 1.165) is 4.68 Å². The highest BCUT2D eigenvalue weighted by atomic mass is 16.7. The maximum Gasteiger partial charge on any atom is 0.331 e. The molecular formula is C12H12N4O5. The second-order valence-corrected chi connectivity index (χ2v) is 4.54. The third-order valence-electron chi connectivity index (χ3n) is 3.10. The van der Waals surface area contributed by atoms with Gasteiger partial charge in [0.25, 0.3) is 0 Å². The van der Waals surface area contributed by atoms with Gasteiger partial charge >= 0.3 is 5.97 Å². The summed E-state index contributed by atoms with van der Waals surface area (Å²) in [5.74, 6) is 0.134. The summed E-state index contributed by atoms with van der Waals surface area (Å²) < 4.78 is 11.6. The standard InChI is InChI=1S/C12H12N4O5/c1-6(17)10(12(18)19)16-11(13-14-15-16)7-2-3-8-9(4-7)21-5-20-8/h2-4,6,10,17H,5H2,1H3,(H,18,19). The molecule has 2 heterocycles. The third-order valence-corrected chi connectivity index (χ3v) is 3.10. The van der Waals surface area contributed by atoms with E-state index in [2.05, 4.69) is 15.5 Å². The van der Waals surface area contributed by atoms with Crippen LogP contribution in [0.4, 0.5) is 0 Å². The van der Waals surface area contributed by atoms with Crippen LogP contribution in [0, 0.1) is 0 Å². The van der Waals surface area contributed by atoms with Gasteiger partial charge in [0.1, 0.15) is 0 Å². The van der Waals surface area contributed by atoms with E-state index >= 15 is 0 Å². The van der Waals surface area contributed by atoms with Crippen LogP contribution in [0.1, 0.15) is 13.0 Å². The number of aliphatic hydroxyl groups is 1. The Kier molecular flexibility index (Phi) is 3.18. The van der Waals surface area contributed by atoms with Crippen LogP contribution in [0.3, 0.4) is 0 Å². The molecule has 0 saturated heterocycles. The van der Waals surface area contributed by atoms with Gasteiger partial charge in [-0.25, -0.2) is 9.48 Å². The topological polar surface area (TPSA) is 120 Å². The number of hydrogen-bond donors (Lipinski definition) is 2. The lowest BCUT2D eigenvalue weighted by Gasteiger charge is -2.16. The van der Waals surface area contributed by atoms with Gasteiger partial charge in [0.05, 0.1) is 6.10 Å². The van der Waals surface area contributed by atoms with Gasteiger partial charge in [0, 0.05) is 5.56 Å². The Labute approximate surface area is 118 Å². The zero-order valence-corrected chi connectivity index (χ0v) is 11.0. The van der Waals surface area contributed by atoms with E-state index in [1.165, 1.54) is 6.92 Å². The summed E-state index contributed by atoms with van der Waals surface area (Å²) in [6.45, 7) is 1.50. The number of hydrogen-bond acceptors (Lipinski definition) is 7. The number of tetrazole rings is 1. The van der Waals surface area contributed by atoms with Crippen LogP contribution >= 0.6 is 0 Å². The largest absolute Gasteiger partial charge is 0.480 e. The summed E-state index contributed by atoms with van der Waals surface area (Å²) in [7, 11) is 0. The molecule has 2 atom stereocenters. The van der Waals surface area contributed by atoms with Crippen LogP contribution in [-0.4, -0.2) is 49.3 Å². The number of benzene rings is 1. The van der Waals surface area contributed by atoms with E-state index in [4.69, 9.17) is 9.47 Å². The number of carbonyl (C=O) groups is 1. The van der Waals surface area contributed by atoms with Crippen LogP contribution in [-0.2, 0) is 4.79 Å². The normalized spacial score (nSPS) is 15.7. The second-order valence-electron chi connectivity index (χ2n) is 4.54. The van der Waals surface area contributed by atoms with E-state index in [0.29, 0.717) is 17.1 Å². The first-order valence-corrected chi connectivity index (χ1v) is 6.16. The van der Waals surface area contributed by atoms with Crippen LogP contribution in [0.25, 0.3) is 11.4 Å². The highest BCUT2D eigenvalue weighted by Crippen LogP contribution is 2.35. The minimum absolute atomic E-state index is 0.134. The van der Waals surface area contributed by atoms with Crippen molar-refractivity contribution in [2.45, 2.75) is 19.1 Å². The van der Waals surface area contributed by atoms with E-state index in [9.17, 15) is 15.0 Å². The van der Waals surface area contributed by atoms with Crippen molar-refractivity contribution in [3.05, 3.63) is 18.2 Å². The first-order chi connectivity index (χ1) is 10.1. The third kappa shape index (κ3) is 2.27. The summed E-state index contributed by atoms with van der Waals surface area (Å²) in [6.07, 6.45) is -1.15. The molecular weight excluding hydrogens is 280 g/mol. The minimum Gasteiger partial charge on any atom is -0.480 e. The molecule has 0 bridgehead atoms. The number of aliphatic hydroxyl groups excluding tert-OH is 1. The fourth-order valence-electron chi connectivity index (χ4n) is 2.12. The SMILES string of the molecule is CC(O)C(C(=O)O)n1nnnc1-c1ccc2c(c1)OCO2. The van der Waals surface area contributed by atoms with Crippen molar-refractivity contribution in [3.8, 4) is 22.9 Å². The molecule has 9 nitrogen and oxygen atoms in total.